The molecule has 15 nitrogen and oxygen atoms in total. The number of anilines is 2. The highest BCUT2D eigenvalue weighted by Gasteiger charge is 2.39. The number of nitrogen functional groups attached to an aromatic ring is 1. The van der Waals surface area contributed by atoms with Gasteiger partial charge in [0.05, 0.1) is 30.3 Å². The molecule has 7 heterocycles. The Morgan fingerprint density at radius 3 is 2.48 bits per heavy atom. The summed E-state index contributed by atoms with van der Waals surface area (Å²) < 4.78 is 22.7. The zero-order valence-electron chi connectivity index (χ0n) is 32.3. The number of nitrogens with zero attached hydrogens (tertiary/aromatic N) is 9. The average Bonchev–Trinajstić information content (AvgIpc) is 4.01. The van der Waals surface area contributed by atoms with Crippen molar-refractivity contribution in [2.24, 2.45) is 5.92 Å². The number of fused-ring (bicyclic) bond motifs is 1. The molecular formula is C42H46FN11O4. The van der Waals surface area contributed by atoms with Gasteiger partial charge in [0.15, 0.2) is 11.6 Å². The molecule has 3 aromatic heterocycles. The second-order valence-corrected chi connectivity index (χ2v) is 15.8. The van der Waals surface area contributed by atoms with Crippen molar-refractivity contribution in [3.63, 3.8) is 0 Å². The Balaban J connectivity index is 0.764. The van der Waals surface area contributed by atoms with Gasteiger partial charge in [-0.25, -0.2) is 9.37 Å². The van der Waals surface area contributed by atoms with Crippen molar-refractivity contribution in [3.05, 3.63) is 96.0 Å². The highest BCUT2D eigenvalue weighted by Crippen LogP contribution is 2.35. The fraction of sp³-hybridized carbons (Fsp3) is 0.405. The van der Waals surface area contributed by atoms with Gasteiger partial charge in [0.1, 0.15) is 18.0 Å². The van der Waals surface area contributed by atoms with E-state index in [1.54, 1.807) is 29.6 Å². The molecule has 2 aromatic carbocycles. The standard InChI is InChI=1S/C42H46FN11O4/c1-26(34-19-31(43)3-5-36(34)54-46-12-13-47-54)58-38-18-29(21-45-40(38)44)30-22-48-53(25-30)32-10-14-50(15-11-32)23-27-8-16-51(17-9-27)33-4-2-28-24-52(42(57)35(28)20-33)37-6-7-39(55)49-41(37)56/h2-5,12-13,18-22,25-27,32,37H,6-11,14-17,23-24H2,1H3,(H2,44,45)(H,49,55,56)/t26-,37?/m1/s1. The zero-order valence-corrected chi connectivity index (χ0v) is 32.3. The van der Waals surface area contributed by atoms with Crippen LogP contribution in [0, 0.1) is 11.7 Å². The molecule has 16 heteroatoms. The summed E-state index contributed by atoms with van der Waals surface area (Å²) in [6.07, 6.45) is 13.0. The van der Waals surface area contributed by atoms with E-state index in [2.05, 4.69) is 47.2 Å². The van der Waals surface area contributed by atoms with Gasteiger partial charge >= 0.3 is 0 Å². The molecule has 4 aliphatic rings. The topological polar surface area (TPSA) is 170 Å². The molecule has 2 atom stereocenters. The molecule has 1 unspecified atom stereocenters. The van der Waals surface area contributed by atoms with Crippen molar-refractivity contribution >= 4 is 29.2 Å². The number of amides is 3. The third-order valence-corrected chi connectivity index (χ3v) is 12.1. The maximum absolute atomic E-state index is 14.3. The Hall–Kier alpha value is -6.16. The molecular weight excluding hydrogens is 742 g/mol. The van der Waals surface area contributed by atoms with E-state index in [4.69, 9.17) is 15.6 Å². The van der Waals surface area contributed by atoms with Crippen LogP contribution in [0.15, 0.2) is 73.4 Å². The predicted octanol–water partition coefficient (Wildman–Crippen LogP) is 4.70. The molecule has 0 radical (unpaired) electrons. The third-order valence-electron chi connectivity index (χ3n) is 12.1. The molecule has 0 saturated carbocycles. The van der Waals surface area contributed by atoms with Gasteiger partial charge in [-0.3, -0.25) is 24.4 Å². The molecule has 0 aliphatic carbocycles. The summed E-state index contributed by atoms with van der Waals surface area (Å²) in [5.74, 6) is 0.0363. The van der Waals surface area contributed by atoms with Gasteiger partial charge < -0.3 is 25.2 Å². The number of imide groups is 1. The van der Waals surface area contributed by atoms with Gasteiger partial charge in [0, 0.05) is 86.0 Å². The van der Waals surface area contributed by atoms with Crippen LogP contribution in [-0.4, -0.2) is 96.0 Å². The lowest BCUT2D eigenvalue weighted by atomic mass is 9.94. The van der Waals surface area contributed by atoms with Crippen LogP contribution >= 0.6 is 0 Å². The summed E-state index contributed by atoms with van der Waals surface area (Å²) >= 11 is 0. The van der Waals surface area contributed by atoms with Crippen LogP contribution in [-0.2, 0) is 16.1 Å². The Bertz CT molecular complexity index is 2330. The maximum atomic E-state index is 14.3. The lowest BCUT2D eigenvalue weighted by Crippen LogP contribution is -2.52. The first kappa shape index (κ1) is 37.4. The number of hydrogen-bond acceptors (Lipinski definition) is 11. The van der Waals surface area contributed by atoms with E-state index < -0.39 is 18.0 Å². The molecule has 3 saturated heterocycles. The molecule has 3 amide bonds. The molecule has 300 valence electrons. The summed E-state index contributed by atoms with van der Waals surface area (Å²) in [5, 5.41) is 15.5. The van der Waals surface area contributed by atoms with Crippen LogP contribution in [0.1, 0.15) is 79.1 Å². The highest BCUT2D eigenvalue weighted by atomic mass is 19.1. The van der Waals surface area contributed by atoms with Crippen LogP contribution in [0.3, 0.4) is 0 Å². The Kier molecular flexibility index (Phi) is 10.1. The summed E-state index contributed by atoms with van der Waals surface area (Å²) in [7, 11) is 0. The Morgan fingerprint density at radius 1 is 0.914 bits per heavy atom. The van der Waals surface area contributed by atoms with Gasteiger partial charge in [0.2, 0.25) is 11.8 Å². The quantitative estimate of drug-likeness (QED) is 0.188. The lowest BCUT2D eigenvalue weighted by molar-refractivity contribution is -0.136. The number of ether oxygens (including phenoxy) is 1. The minimum atomic E-state index is -0.604. The van der Waals surface area contributed by atoms with E-state index in [0.717, 1.165) is 80.8 Å². The average molecular weight is 788 g/mol. The van der Waals surface area contributed by atoms with Gasteiger partial charge in [-0.05, 0) is 86.9 Å². The highest BCUT2D eigenvalue weighted by molar-refractivity contribution is 6.05. The normalized spacial score (nSPS) is 20.0. The van der Waals surface area contributed by atoms with Gasteiger partial charge in [-0.15, -0.1) is 0 Å². The SMILES string of the molecule is C[C@@H](Oc1cc(-c2cnn(C3CCN(CC4CCN(c5ccc6c(c5)C(=O)N(C5CCC(=O)NC5=O)C6)CC4)CC3)c2)cnc1N)c1cc(F)ccc1-n1nccn1. The summed E-state index contributed by atoms with van der Waals surface area (Å²) in [6, 6.07) is 12.0. The number of hydrogen-bond donors (Lipinski definition) is 2. The molecule has 4 aliphatic heterocycles. The number of aromatic nitrogens is 6. The van der Waals surface area contributed by atoms with Gasteiger partial charge in [-0.2, -0.15) is 20.1 Å². The van der Waals surface area contributed by atoms with E-state index in [0.29, 0.717) is 47.5 Å². The molecule has 3 N–H and O–H groups in total. The van der Waals surface area contributed by atoms with E-state index >= 15 is 0 Å². The number of nitrogens with one attached hydrogen (secondary N) is 1. The number of nitrogens with two attached hydrogens (primary N) is 1. The van der Waals surface area contributed by atoms with Crippen LogP contribution in [0.25, 0.3) is 16.8 Å². The number of carbonyl (C=O) groups excluding carboxylic acids is 3. The first-order valence-corrected chi connectivity index (χ1v) is 20.0. The summed E-state index contributed by atoms with van der Waals surface area (Å²) in [4.78, 5) is 49.8. The number of rotatable bonds is 10. The fourth-order valence-electron chi connectivity index (χ4n) is 8.87. The number of carbonyl (C=O) groups is 3. The molecule has 5 aromatic rings. The van der Waals surface area contributed by atoms with Crippen molar-refractivity contribution in [2.75, 3.05) is 43.4 Å². The predicted molar refractivity (Wildman–Crippen MR) is 212 cm³/mol. The van der Waals surface area contributed by atoms with Crippen molar-refractivity contribution in [2.45, 2.75) is 70.2 Å². The van der Waals surface area contributed by atoms with Gasteiger partial charge in [0.25, 0.3) is 5.91 Å². The minimum absolute atomic E-state index is 0.134. The second kappa shape index (κ2) is 15.6. The number of benzene rings is 2. The van der Waals surface area contributed by atoms with Crippen molar-refractivity contribution < 1.29 is 23.5 Å². The van der Waals surface area contributed by atoms with Crippen molar-refractivity contribution in [1.82, 2.24) is 44.9 Å². The monoisotopic (exact) mass is 787 g/mol. The number of piperidine rings is 3. The van der Waals surface area contributed by atoms with Crippen LogP contribution in [0.2, 0.25) is 0 Å². The lowest BCUT2D eigenvalue weighted by Gasteiger charge is -2.38. The second-order valence-electron chi connectivity index (χ2n) is 15.8. The number of halogens is 1. The maximum Gasteiger partial charge on any atom is 0.255 e. The number of pyridine rings is 1. The fourth-order valence-corrected chi connectivity index (χ4v) is 8.87. The van der Waals surface area contributed by atoms with E-state index in [9.17, 15) is 18.8 Å². The summed E-state index contributed by atoms with van der Waals surface area (Å²) in [6.45, 7) is 7.16. The molecule has 0 spiro atoms. The Morgan fingerprint density at radius 2 is 1.71 bits per heavy atom. The molecule has 58 heavy (non-hydrogen) atoms. The first-order valence-electron chi connectivity index (χ1n) is 20.0. The van der Waals surface area contributed by atoms with Gasteiger partial charge in [-0.1, -0.05) is 6.07 Å². The molecule has 0 bridgehead atoms. The minimum Gasteiger partial charge on any atom is -0.482 e. The third kappa shape index (κ3) is 7.51. The van der Waals surface area contributed by atoms with Crippen LogP contribution in [0.4, 0.5) is 15.9 Å². The van der Waals surface area contributed by atoms with Crippen molar-refractivity contribution in [3.8, 4) is 22.6 Å². The molecule has 3 fully saturated rings. The largest absolute Gasteiger partial charge is 0.482 e. The smallest absolute Gasteiger partial charge is 0.255 e. The van der Waals surface area contributed by atoms with Crippen LogP contribution in [0.5, 0.6) is 5.75 Å². The number of likely N-dealkylation sites (tertiary alicyclic amines) is 1. The van der Waals surface area contributed by atoms with E-state index in [1.165, 1.54) is 16.9 Å². The zero-order chi connectivity index (χ0) is 39.9. The van der Waals surface area contributed by atoms with Crippen LogP contribution < -0.4 is 20.7 Å². The summed E-state index contributed by atoms with van der Waals surface area (Å²) in [5.41, 5.74) is 11.8. The van der Waals surface area contributed by atoms with Crippen molar-refractivity contribution in [1.29, 1.82) is 0 Å². The van der Waals surface area contributed by atoms with E-state index in [1.807, 2.05) is 31.3 Å². The molecule has 9 rings (SSSR count). The first-order chi connectivity index (χ1) is 28.2. The Labute approximate surface area is 334 Å². The van der Waals surface area contributed by atoms with E-state index in [-0.39, 0.29) is 30.0 Å².